The Morgan fingerprint density at radius 3 is 2.62 bits per heavy atom. The second-order valence-electron chi connectivity index (χ2n) is 4.44. The lowest BCUT2D eigenvalue weighted by Gasteiger charge is -2.05. The average molecular weight is 284 g/mol. The number of nitrogens with two attached hydrogens (primary N) is 1. The highest BCUT2D eigenvalue weighted by molar-refractivity contribution is 5.54. The number of aromatic amines is 1. The summed E-state index contributed by atoms with van der Waals surface area (Å²) in [6.45, 7) is 0.225. The van der Waals surface area contributed by atoms with Crippen LogP contribution in [0.4, 0.5) is 10.1 Å². The summed E-state index contributed by atoms with van der Waals surface area (Å²) in [5, 5.41) is 6.87. The molecule has 0 bridgehead atoms. The van der Waals surface area contributed by atoms with Crippen molar-refractivity contribution in [1.29, 1.82) is 0 Å². The van der Waals surface area contributed by atoms with Gasteiger partial charge in [0.2, 0.25) is 0 Å². The lowest BCUT2D eigenvalue weighted by Crippen LogP contribution is -2.00. The molecule has 2 aromatic carbocycles. The molecule has 6 heteroatoms. The Morgan fingerprint density at radius 1 is 1.10 bits per heavy atom. The largest absolute Gasteiger partial charge is 0.483 e. The van der Waals surface area contributed by atoms with Crippen LogP contribution in [0.15, 0.2) is 48.5 Å². The first-order valence-corrected chi connectivity index (χ1v) is 6.37. The number of para-hydroxylation sites is 2. The van der Waals surface area contributed by atoms with E-state index in [2.05, 4.69) is 15.2 Å². The van der Waals surface area contributed by atoms with Crippen molar-refractivity contribution in [2.75, 3.05) is 5.73 Å². The van der Waals surface area contributed by atoms with E-state index in [1.807, 2.05) is 12.1 Å². The Morgan fingerprint density at radius 2 is 1.86 bits per heavy atom. The normalized spacial score (nSPS) is 10.5. The Labute approximate surface area is 120 Å². The summed E-state index contributed by atoms with van der Waals surface area (Å²) >= 11 is 0. The van der Waals surface area contributed by atoms with Gasteiger partial charge in [0.25, 0.3) is 0 Å². The third-order valence-electron chi connectivity index (χ3n) is 2.92. The minimum Gasteiger partial charge on any atom is -0.483 e. The molecule has 3 rings (SSSR count). The molecule has 0 unspecified atom stereocenters. The fourth-order valence-electron chi connectivity index (χ4n) is 1.85. The van der Waals surface area contributed by atoms with E-state index in [1.54, 1.807) is 24.3 Å². The summed E-state index contributed by atoms with van der Waals surface area (Å²) in [6, 6.07) is 13.2. The SMILES string of the molecule is Nc1ccccc1OCc1nc(-c2ccc(F)cc2)n[nH]1. The number of nitrogens with one attached hydrogen (secondary N) is 1. The van der Waals surface area contributed by atoms with Crippen molar-refractivity contribution < 1.29 is 9.13 Å². The predicted octanol–water partition coefficient (Wildman–Crippen LogP) is 2.77. The second-order valence-corrected chi connectivity index (χ2v) is 4.44. The number of nitrogens with zero attached hydrogens (tertiary/aromatic N) is 2. The van der Waals surface area contributed by atoms with Gasteiger partial charge >= 0.3 is 0 Å². The Kier molecular flexibility index (Phi) is 3.51. The molecule has 21 heavy (non-hydrogen) atoms. The van der Waals surface area contributed by atoms with Crippen LogP contribution in [0.1, 0.15) is 5.82 Å². The van der Waals surface area contributed by atoms with Crippen LogP contribution in [0.5, 0.6) is 5.75 Å². The monoisotopic (exact) mass is 284 g/mol. The van der Waals surface area contributed by atoms with Crippen molar-refractivity contribution in [3.63, 3.8) is 0 Å². The number of hydrogen-bond donors (Lipinski definition) is 2. The quantitative estimate of drug-likeness (QED) is 0.722. The molecular formula is C15H13FN4O. The van der Waals surface area contributed by atoms with Gasteiger partial charge in [0, 0.05) is 5.56 Å². The second kappa shape index (κ2) is 5.62. The van der Waals surface area contributed by atoms with Gasteiger partial charge in [-0.15, -0.1) is 0 Å². The zero-order chi connectivity index (χ0) is 14.7. The van der Waals surface area contributed by atoms with Crippen LogP contribution in [0.2, 0.25) is 0 Å². The number of ether oxygens (including phenoxy) is 1. The third-order valence-corrected chi connectivity index (χ3v) is 2.92. The zero-order valence-electron chi connectivity index (χ0n) is 11.1. The number of anilines is 1. The molecule has 0 aliphatic carbocycles. The molecule has 1 aromatic heterocycles. The van der Waals surface area contributed by atoms with Gasteiger partial charge in [-0.1, -0.05) is 12.1 Å². The van der Waals surface area contributed by atoms with Crippen molar-refractivity contribution in [1.82, 2.24) is 15.2 Å². The van der Waals surface area contributed by atoms with Gasteiger partial charge in [-0.05, 0) is 36.4 Å². The van der Waals surface area contributed by atoms with E-state index in [0.717, 1.165) is 5.56 Å². The van der Waals surface area contributed by atoms with Gasteiger partial charge in [-0.25, -0.2) is 9.37 Å². The van der Waals surface area contributed by atoms with Crippen LogP contribution in [0.3, 0.4) is 0 Å². The first-order chi connectivity index (χ1) is 10.2. The third kappa shape index (κ3) is 3.00. The van der Waals surface area contributed by atoms with Crippen LogP contribution in [0.25, 0.3) is 11.4 Å². The number of H-pyrrole nitrogens is 1. The molecule has 0 atom stereocenters. The maximum absolute atomic E-state index is 12.9. The standard InChI is InChI=1S/C15H13FN4O/c16-11-7-5-10(6-8-11)15-18-14(19-20-15)9-21-13-4-2-1-3-12(13)17/h1-8H,9,17H2,(H,18,19,20). The number of rotatable bonds is 4. The fraction of sp³-hybridized carbons (Fsp3) is 0.0667. The highest BCUT2D eigenvalue weighted by atomic mass is 19.1. The summed E-state index contributed by atoms with van der Waals surface area (Å²) in [5.74, 6) is 1.36. The number of benzene rings is 2. The summed E-state index contributed by atoms with van der Waals surface area (Å²) in [5.41, 5.74) is 7.09. The van der Waals surface area contributed by atoms with Crippen LogP contribution in [-0.4, -0.2) is 15.2 Å². The molecule has 0 spiro atoms. The van der Waals surface area contributed by atoms with Crippen molar-refractivity contribution >= 4 is 5.69 Å². The number of hydrogen-bond acceptors (Lipinski definition) is 4. The van der Waals surface area contributed by atoms with Gasteiger partial charge in [0.05, 0.1) is 5.69 Å². The van der Waals surface area contributed by atoms with E-state index in [-0.39, 0.29) is 12.4 Å². The minimum absolute atomic E-state index is 0.225. The van der Waals surface area contributed by atoms with Crippen LogP contribution in [0, 0.1) is 5.82 Å². The minimum atomic E-state index is -0.294. The first kappa shape index (κ1) is 13.1. The maximum Gasteiger partial charge on any atom is 0.181 e. The molecule has 106 valence electrons. The van der Waals surface area contributed by atoms with Crippen LogP contribution in [-0.2, 0) is 6.61 Å². The molecule has 3 N–H and O–H groups in total. The topological polar surface area (TPSA) is 76.8 Å². The molecule has 3 aromatic rings. The summed E-state index contributed by atoms with van der Waals surface area (Å²) in [6.07, 6.45) is 0. The number of nitrogen functional groups attached to an aromatic ring is 1. The Bertz CT molecular complexity index is 739. The maximum atomic E-state index is 12.9. The zero-order valence-corrected chi connectivity index (χ0v) is 11.1. The molecule has 0 radical (unpaired) electrons. The van der Waals surface area contributed by atoms with Gasteiger partial charge in [0.15, 0.2) is 11.6 Å². The molecular weight excluding hydrogens is 271 g/mol. The van der Waals surface area contributed by atoms with Crippen LogP contribution >= 0.6 is 0 Å². The molecule has 5 nitrogen and oxygen atoms in total. The lowest BCUT2D eigenvalue weighted by molar-refractivity contribution is 0.298. The van der Waals surface area contributed by atoms with E-state index in [9.17, 15) is 4.39 Å². The van der Waals surface area contributed by atoms with E-state index >= 15 is 0 Å². The predicted molar refractivity (Wildman–Crippen MR) is 77.0 cm³/mol. The fourth-order valence-corrected chi connectivity index (χ4v) is 1.85. The van der Waals surface area contributed by atoms with Gasteiger partial charge in [-0.2, -0.15) is 5.10 Å². The molecule has 0 amide bonds. The van der Waals surface area contributed by atoms with Crippen molar-refractivity contribution in [2.24, 2.45) is 0 Å². The summed E-state index contributed by atoms with van der Waals surface area (Å²) in [4.78, 5) is 4.30. The molecule has 0 fully saturated rings. The molecule has 0 saturated heterocycles. The average Bonchev–Trinajstić information content (AvgIpc) is 2.96. The van der Waals surface area contributed by atoms with Crippen molar-refractivity contribution in [2.45, 2.75) is 6.61 Å². The van der Waals surface area contributed by atoms with Crippen molar-refractivity contribution in [3.8, 4) is 17.1 Å². The number of aromatic nitrogens is 3. The molecule has 0 saturated carbocycles. The Hall–Kier alpha value is -2.89. The molecule has 0 aliphatic heterocycles. The van der Waals surface area contributed by atoms with Crippen LogP contribution < -0.4 is 10.5 Å². The molecule has 0 aliphatic rings. The highest BCUT2D eigenvalue weighted by Crippen LogP contribution is 2.21. The summed E-state index contributed by atoms with van der Waals surface area (Å²) < 4.78 is 18.4. The highest BCUT2D eigenvalue weighted by Gasteiger charge is 2.07. The number of halogens is 1. The lowest BCUT2D eigenvalue weighted by atomic mass is 10.2. The van der Waals surface area contributed by atoms with E-state index in [4.69, 9.17) is 10.5 Å². The molecule has 1 heterocycles. The smallest absolute Gasteiger partial charge is 0.181 e. The van der Waals surface area contributed by atoms with Gasteiger partial charge in [0.1, 0.15) is 18.2 Å². The van der Waals surface area contributed by atoms with E-state index in [1.165, 1.54) is 12.1 Å². The van der Waals surface area contributed by atoms with E-state index < -0.39 is 0 Å². The van der Waals surface area contributed by atoms with Gasteiger partial charge < -0.3 is 10.5 Å². The van der Waals surface area contributed by atoms with Crippen molar-refractivity contribution in [3.05, 3.63) is 60.2 Å². The summed E-state index contributed by atoms with van der Waals surface area (Å²) in [7, 11) is 0. The van der Waals surface area contributed by atoms with Gasteiger partial charge in [-0.3, -0.25) is 5.10 Å². The van der Waals surface area contributed by atoms with E-state index in [0.29, 0.717) is 23.1 Å². The Balaban J connectivity index is 1.71. The first-order valence-electron chi connectivity index (χ1n) is 6.37.